The van der Waals surface area contributed by atoms with E-state index in [9.17, 15) is 4.79 Å². The second-order valence-corrected chi connectivity index (χ2v) is 7.57. The van der Waals surface area contributed by atoms with Crippen LogP contribution in [0, 0.1) is 17.8 Å². The quantitative estimate of drug-likeness (QED) is 0.743. The summed E-state index contributed by atoms with van der Waals surface area (Å²) < 4.78 is 22.5. The Morgan fingerprint density at radius 1 is 1.27 bits per heavy atom. The highest BCUT2D eigenvalue weighted by Crippen LogP contribution is 2.48. The summed E-state index contributed by atoms with van der Waals surface area (Å²) in [6.07, 6.45) is 2.07. The molecule has 22 heavy (non-hydrogen) atoms. The number of carbonyl (C=O) groups excluding carboxylic acids is 1. The molecule has 1 saturated carbocycles. The molecule has 2 rings (SSSR count). The standard InChI is InChI=1S/C17H30O5/c1-11(2)13-8-7-12(3)9-17(13,22-15(18)19-6)14-10-20-16(4,5)21-14/h11-14H,7-10H2,1-6H3/t12-,13+,14?,17-/m1/s1. The van der Waals surface area contributed by atoms with Gasteiger partial charge in [0.05, 0.1) is 13.7 Å². The van der Waals surface area contributed by atoms with Gasteiger partial charge < -0.3 is 18.9 Å². The summed E-state index contributed by atoms with van der Waals surface area (Å²) in [5.41, 5.74) is -0.674. The van der Waals surface area contributed by atoms with E-state index in [4.69, 9.17) is 18.9 Å². The number of carbonyl (C=O) groups is 1. The summed E-state index contributed by atoms with van der Waals surface area (Å²) >= 11 is 0. The summed E-state index contributed by atoms with van der Waals surface area (Å²) in [5.74, 6) is 0.473. The van der Waals surface area contributed by atoms with Crippen LogP contribution >= 0.6 is 0 Å². The molecule has 0 bridgehead atoms. The molecule has 1 saturated heterocycles. The normalized spacial score (nSPS) is 38.0. The predicted octanol–water partition coefficient (Wildman–Crippen LogP) is 3.75. The molecular weight excluding hydrogens is 284 g/mol. The van der Waals surface area contributed by atoms with E-state index >= 15 is 0 Å². The van der Waals surface area contributed by atoms with Crippen LogP contribution in [0.2, 0.25) is 0 Å². The Hall–Kier alpha value is -0.810. The third-order valence-electron chi connectivity index (χ3n) is 5.06. The monoisotopic (exact) mass is 314 g/mol. The van der Waals surface area contributed by atoms with Crippen molar-refractivity contribution in [3.05, 3.63) is 0 Å². The Balaban J connectivity index is 2.36. The van der Waals surface area contributed by atoms with E-state index in [-0.39, 0.29) is 12.0 Å². The molecule has 4 atom stereocenters. The highest BCUT2D eigenvalue weighted by molar-refractivity contribution is 5.60. The molecule has 2 fully saturated rings. The summed E-state index contributed by atoms with van der Waals surface area (Å²) in [6.45, 7) is 10.8. The van der Waals surface area contributed by atoms with Crippen LogP contribution < -0.4 is 0 Å². The van der Waals surface area contributed by atoms with Crippen LogP contribution in [0.1, 0.15) is 53.9 Å². The van der Waals surface area contributed by atoms with Gasteiger partial charge in [-0.05, 0) is 38.5 Å². The molecule has 2 aliphatic rings. The molecule has 128 valence electrons. The molecule has 1 aliphatic heterocycles. The van der Waals surface area contributed by atoms with Gasteiger partial charge in [-0.25, -0.2) is 4.79 Å². The molecule has 5 heteroatoms. The highest BCUT2D eigenvalue weighted by atomic mass is 16.8. The zero-order chi connectivity index (χ0) is 16.5. The van der Waals surface area contributed by atoms with Crippen LogP contribution in [0.4, 0.5) is 4.79 Å². The highest BCUT2D eigenvalue weighted by Gasteiger charge is 2.57. The number of methoxy groups -OCH3 is 1. The lowest BCUT2D eigenvalue weighted by molar-refractivity contribution is -0.204. The van der Waals surface area contributed by atoms with E-state index in [1.807, 2.05) is 13.8 Å². The van der Waals surface area contributed by atoms with Gasteiger partial charge in [-0.3, -0.25) is 0 Å². The number of hydrogen-bond donors (Lipinski definition) is 0. The summed E-state index contributed by atoms with van der Waals surface area (Å²) in [5, 5.41) is 0. The SMILES string of the molecule is COC(=O)O[C@]1(C2COC(C)(C)O2)C[C@H](C)CC[C@H]1C(C)C. The second kappa shape index (κ2) is 6.36. The fraction of sp³-hybridized carbons (Fsp3) is 0.941. The van der Waals surface area contributed by atoms with Crippen molar-refractivity contribution >= 4 is 6.16 Å². The van der Waals surface area contributed by atoms with E-state index in [1.54, 1.807) is 0 Å². The van der Waals surface area contributed by atoms with Crippen molar-refractivity contribution < 1.29 is 23.7 Å². The van der Waals surface area contributed by atoms with Gasteiger partial charge >= 0.3 is 6.16 Å². The Morgan fingerprint density at radius 2 is 1.95 bits per heavy atom. The third kappa shape index (κ3) is 3.40. The van der Waals surface area contributed by atoms with Gasteiger partial charge in [-0.15, -0.1) is 0 Å². The number of rotatable bonds is 3. The summed E-state index contributed by atoms with van der Waals surface area (Å²) in [6, 6.07) is 0. The maximum absolute atomic E-state index is 11.9. The summed E-state index contributed by atoms with van der Waals surface area (Å²) in [4.78, 5) is 11.9. The molecule has 1 heterocycles. The second-order valence-electron chi connectivity index (χ2n) is 7.57. The molecule has 0 N–H and O–H groups in total. The first kappa shape index (κ1) is 17.5. The van der Waals surface area contributed by atoms with E-state index < -0.39 is 17.5 Å². The first-order valence-corrected chi connectivity index (χ1v) is 8.29. The maximum atomic E-state index is 11.9. The van der Waals surface area contributed by atoms with Crippen molar-refractivity contribution in [2.24, 2.45) is 17.8 Å². The van der Waals surface area contributed by atoms with Crippen molar-refractivity contribution in [3.63, 3.8) is 0 Å². The van der Waals surface area contributed by atoms with Crippen molar-refractivity contribution in [2.75, 3.05) is 13.7 Å². The predicted molar refractivity (Wildman–Crippen MR) is 82.5 cm³/mol. The van der Waals surface area contributed by atoms with Crippen LogP contribution in [0.25, 0.3) is 0 Å². The Bertz CT molecular complexity index is 406. The van der Waals surface area contributed by atoms with Crippen molar-refractivity contribution in [2.45, 2.75) is 71.4 Å². The maximum Gasteiger partial charge on any atom is 0.508 e. The van der Waals surface area contributed by atoms with Crippen molar-refractivity contribution in [3.8, 4) is 0 Å². The van der Waals surface area contributed by atoms with Gasteiger partial charge in [0.15, 0.2) is 5.79 Å². The first-order valence-electron chi connectivity index (χ1n) is 8.29. The van der Waals surface area contributed by atoms with Crippen molar-refractivity contribution in [1.29, 1.82) is 0 Å². The number of ether oxygens (including phenoxy) is 4. The van der Waals surface area contributed by atoms with Gasteiger partial charge in [0.2, 0.25) is 0 Å². The van der Waals surface area contributed by atoms with Gasteiger partial charge in [-0.2, -0.15) is 0 Å². The van der Waals surface area contributed by atoms with Crippen LogP contribution in [0.15, 0.2) is 0 Å². The zero-order valence-electron chi connectivity index (χ0n) is 14.7. The van der Waals surface area contributed by atoms with Crippen LogP contribution in [-0.2, 0) is 18.9 Å². The number of hydrogen-bond acceptors (Lipinski definition) is 5. The van der Waals surface area contributed by atoms with Gasteiger partial charge in [-0.1, -0.05) is 27.2 Å². The van der Waals surface area contributed by atoms with E-state index in [0.29, 0.717) is 18.4 Å². The molecule has 0 aromatic heterocycles. The van der Waals surface area contributed by atoms with Crippen molar-refractivity contribution in [1.82, 2.24) is 0 Å². The average Bonchev–Trinajstić information content (AvgIpc) is 2.79. The minimum Gasteiger partial charge on any atom is -0.438 e. The van der Waals surface area contributed by atoms with Crippen LogP contribution in [0.3, 0.4) is 0 Å². The fourth-order valence-corrected chi connectivity index (χ4v) is 4.08. The van der Waals surface area contributed by atoms with Gasteiger partial charge in [0.25, 0.3) is 0 Å². The molecule has 0 amide bonds. The van der Waals surface area contributed by atoms with Crippen LogP contribution in [0.5, 0.6) is 0 Å². The lowest BCUT2D eigenvalue weighted by Gasteiger charge is -2.49. The topological polar surface area (TPSA) is 54.0 Å². The molecule has 0 aromatic rings. The average molecular weight is 314 g/mol. The Labute approximate surface area is 133 Å². The molecule has 0 spiro atoms. The van der Waals surface area contributed by atoms with E-state index in [1.165, 1.54) is 7.11 Å². The lowest BCUT2D eigenvalue weighted by Crippen LogP contribution is -2.58. The molecule has 1 unspecified atom stereocenters. The summed E-state index contributed by atoms with van der Waals surface area (Å²) in [7, 11) is 1.35. The minimum absolute atomic E-state index is 0.241. The van der Waals surface area contributed by atoms with E-state index in [2.05, 4.69) is 20.8 Å². The molecule has 0 aromatic carbocycles. The molecule has 0 radical (unpaired) electrons. The van der Waals surface area contributed by atoms with Crippen LogP contribution in [-0.4, -0.2) is 37.4 Å². The minimum atomic E-state index is -0.674. The largest absolute Gasteiger partial charge is 0.508 e. The molecular formula is C17H30O5. The van der Waals surface area contributed by atoms with Gasteiger partial charge in [0, 0.05) is 5.92 Å². The third-order valence-corrected chi connectivity index (χ3v) is 5.06. The first-order chi connectivity index (χ1) is 10.2. The zero-order valence-corrected chi connectivity index (χ0v) is 14.7. The Kier molecular flexibility index (Phi) is 5.07. The smallest absolute Gasteiger partial charge is 0.438 e. The lowest BCUT2D eigenvalue weighted by atomic mass is 9.64. The molecule has 5 nitrogen and oxygen atoms in total. The van der Waals surface area contributed by atoms with E-state index in [0.717, 1.165) is 19.3 Å². The fourth-order valence-electron chi connectivity index (χ4n) is 4.08. The Morgan fingerprint density at radius 3 is 2.45 bits per heavy atom. The van der Waals surface area contributed by atoms with Gasteiger partial charge in [0.1, 0.15) is 11.7 Å². The molecule has 1 aliphatic carbocycles.